The summed E-state index contributed by atoms with van der Waals surface area (Å²) in [5.74, 6) is 2.30. The monoisotopic (exact) mass is 503 g/mol. The molecule has 2 saturated carbocycles. The molecule has 3 aromatic rings. The van der Waals surface area contributed by atoms with Gasteiger partial charge >= 0.3 is 5.69 Å². The van der Waals surface area contributed by atoms with Crippen molar-refractivity contribution in [2.45, 2.75) is 95.2 Å². The second-order valence-electron chi connectivity index (χ2n) is 11.6. The van der Waals surface area contributed by atoms with Crippen LogP contribution in [0.1, 0.15) is 83.1 Å². The zero-order valence-corrected chi connectivity index (χ0v) is 21.4. The lowest BCUT2D eigenvalue weighted by Crippen LogP contribution is -2.50. The van der Waals surface area contributed by atoms with E-state index in [2.05, 4.69) is 20.3 Å². The normalized spacial score (nSPS) is 28.8. The van der Waals surface area contributed by atoms with Gasteiger partial charge in [-0.3, -0.25) is 14.6 Å². The van der Waals surface area contributed by atoms with E-state index in [1.165, 1.54) is 25.5 Å². The minimum absolute atomic E-state index is 0.0533. The summed E-state index contributed by atoms with van der Waals surface area (Å²) in [7, 11) is 0. The van der Waals surface area contributed by atoms with Gasteiger partial charge in [0.15, 0.2) is 0 Å². The standard InChI is InChI=1S/C20H21N5O3.C9H16/c26-18-14(10-21-20(28)24-18)17-19(27)25(16-7-2-1-6-15(16)23-17)13-8-11-4-3-5-12(9-13)22-11;1-3-8-5-2-6-9(4-1)7-8/h1-2,6-7,10-13,22H,3-5,8-9H2,(H2,21,24,26,28);8-9H,1-7H2. The van der Waals surface area contributed by atoms with Crippen molar-refractivity contribution in [2.24, 2.45) is 11.8 Å². The van der Waals surface area contributed by atoms with Crippen LogP contribution in [-0.2, 0) is 0 Å². The van der Waals surface area contributed by atoms with Crippen LogP contribution in [0, 0.1) is 11.8 Å². The van der Waals surface area contributed by atoms with E-state index in [-0.39, 0.29) is 22.9 Å². The predicted octanol–water partition coefficient (Wildman–Crippen LogP) is 4.26. The second-order valence-corrected chi connectivity index (χ2v) is 11.6. The fourth-order valence-corrected chi connectivity index (χ4v) is 7.35. The maximum atomic E-state index is 13.5. The predicted molar refractivity (Wildman–Crippen MR) is 145 cm³/mol. The van der Waals surface area contributed by atoms with Crippen molar-refractivity contribution in [3.63, 3.8) is 0 Å². The molecule has 3 N–H and O–H groups in total. The molecular weight excluding hydrogens is 466 g/mol. The van der Waals surface area contributed by atoms with Crippen LogP contribution >= 0.6 is 0 Å². The highest BCUT2D eigenvalue weighted by Gasteiger charge is 2.33. The molecule has 0 amide bonds. The Morgan fingerprint density at radius 3 is 2.11 bits per heavy atom. The first kappa shape index (κ1) is 24.3. The molecule has 2 aromatic heterocycles. The average molecular weight is 504 g/mol. The summed E-state index contributed by atoms with van der Waals surface area (Å²) >= 11 is 0. The van der Waals surface area contributed by atoms with Crippen molar-refractivity contribution in [1.82, 2.24) is 24.8 Å². The van der Waals surface area contributed by atoms with Gasteiger partial charge in [-0.05, 0) is 56.1 Å². The molecule has 37 heavy (non-hydrogen) atoms. The molecule has 8 heteroatoms. The Balaban J connectivity index is 0.000000235. The van der Waals surface area contributed by atoms with Crippen LogP contribution in [0.25, 0.3) is 22.3 Å². The molecule has 7 rings (SSSR count). The Labute approximate surface area is 215 Å². The number of benzene rings is 1. The number of hydrogen-bond donors (Lipinski definition) is 3. The molecule has 4 bridgehead atoms. The quantitative estimate of drug-likeness (QED) is 0.484. The van der Waals surface area contributed by atoms with Crippen LogP contribution in [0.5, 0.6) is 0 Å². The number of aromatic nitrogens is 4. The summed E-state index contributed by atoms with van der Waals surface area (Å²) in [6.45, 7) is 0. The Morgan fingerprint density at radius 1 is 0.811 bits per heavy atom. The number of nitrogens with zero attached hydrogens (tertiary/aromatic N) is 2. The molecule has 196 valence electrons. The van der Waals surface area contributed by atoms with Crippen molar-refractivity contribution in [2.75, 3.05) is 0 Å². The van der Waals surface area contributed by atoms with Gasteiger partial charge in [0.1, 0.15) is 5.69 Å². The van der Waals surface area contributed by atoms with Gasteiger partial charge in [0.2, 0.25) is 0 Å². The van der Waals surface area contributed by atoms with Gasteiger partial charge in [-0.15, -0.1) is 0 Å². The summed E-state index contributed by atoms with van der Waals surface area (Å²) in [6, 6.07) is 8.39. The van der Waals surface area contributed by atoms with Crippen LogP contribution in [-0.4, -0.2) is 31.6 Å². The maximum Gasteiger partial charge on any atom is 0.325 e. The lowest BCUT2D eigenvalue weighted by Gasteiger charge is -2.41. The molecule has 2 saturated heterocycles. The molecule has 0 spiro atoms. The molecule has 2 atom stereocenters. The first-order chi connectivity index (χ1) is 18.0. The van der Waals surface area contributed by atoms with Gasteiger partial charge in [-0.25, -0.2) is 9.78 Å². The van der Waals surface area contributed by atoms with Gasteiger partial charge in [0.25, 0.3) is 11.1 Å². The molecule has 4 heterocycles. The van der Waals surface area contributed by atoms with Gasteiger partial charge in [0, 0.05) is 24.3 Å². The SMILES string of the molecule is C1CC2CCCC(C1)C2.O=c1[nH]cc(-c2nc3ccccc3n(C3CC4CCCC(C3)N4)c2=O)c(=O)[nH]1. The number of piperidine rings is 2. The first-order valence-electron chi connectivity index (χ1n) is 14.1. The van der Waals surface area contributed by atoms with E-state index >= 15 is 0 Å². The second kappa shape index (κ2) is 10.4. The summed E-state index contributed by atoms with van der Waals surface area (Å²) in [6.07, 6.45) is 17.4. The van der Waals surface area contributed by atoms with Gasteiger partial charge in [-0.1, -0.05) is 57.1 Å². The molecule has 4 fully saturated rings. The van der Waals surface area contributed by atoms with Gasteiger partial charge in [-0.2, -0.15) is 0 Å². The molecule has 4 aliphatic rings. The van der Waals surface area contributed by atoms with E-state index in [0.717, 1.165) is 43.0 Å². The third kappa shape index (κ3) is 5.08. The fourth-order valence-electron chi connectivity index (χ4n) is 7.35. The lowest BCUT2D eigenvalue weighted by atomic mass is 9.72. The van der Waals surface area contributed by atoms with E-state index in [1.54, 1.807) is 32.1 Å². The molecule has 2 unspecified atom stereocenters. The van der Waals surface area contributed by atoms with Gasteiger partial charge < -0.3 is 14.9 Å². The highest BCUT2D eigenvalue weighted by molar-refractivity contribution is 5.77. The van der Waals surface area contributed by atoms with Crippen LogP contribution in [0.2, 0.25) is 0 Å². The summed E-state index contributed by atoms with van der Waals surface area (Å²) in [5.41, 5.74) is 0.0752. The maximum absolute atomic E-state index is 13.5. The summed E-state index contributed by atoms with van der Waals surface area (Å²) < 4.78 is 1.81. The average Bonchev–Trinajstić information content (AvgIpc) is 2.89. The minimum Gasteiger partial charge on any atom is -0.313 e. The van der Waals surface area contributed by atoms with E-state index in [4.69, 9.17) is 0 Å². The van der Waals surface area contributed by atoms with Crippen LogP contribution in [0.15, 0.2) is 44.8 Å². The minimum atomic E-state index is -0.614. The number of para-hydroxylation sites is 2. The third-order valence-corrected chi connectivity index (χ3v) is 9.04. The number of H-pyrrole nitrogens is 2. The van der Waals surface area contributed by atoms with E-state index < -0.39 is 11.2 Å². The topological polar surface area (TPSA) is 113 Å². The molecule has 8 nitrogen and oxygen atoms in total. The van der Waals surface area contributed by atoms with Crippen molar-refractivity contribution in [1.29, 1.82) is 0 Å². The van der Waals surface area contributed by atoms with Crippen molar-refractivity contribution in [3.8, 4) is 11.3 Å². The van der Waals surface area contributed by atoms with Crippen LogP contribution in [0.3, 0.4) is 0 Å². The van der Waals surface area contributed by atoms with Crippen LogP contribution in [0.4, 0.5) is 0 Å². The molecule has 1 aromatic carbocycles. The first-order valence-corrected chi connectivity index (χ1v) is 14.1. The van der Waals surface area contributed by atoms with Crippen molar-refractivity contribution >= 4 is 11.0 Å². The number of fused-ring (bicyclic) bond motifs is 5. The van der Waals surface area contributed by atoms with Crippen molar-refractivity contribution in [3.05, 3.63) is 61.7 Å². The molecular formula is C29H37N5O3. The Bertz CT molecular complexity index is 1410. The zero-order chi connectivity index (χ0) is 25.4. The number of nitrogens with one attached hydrogen (secondary N) is 3. The highest BCUT2D eigenvalue weighted by atomic mass is 16.2. The zero-order valence-electron chi connectivity index (χ0n) is 21.4. The van der Waals surface area contributed by atoms with E-state index in [9.17, 15) is 14.4 Å². The molecule has 0 radical (unpaired) electrons. The smallest absolute Gasteiger partial charge is 0.313 e. The number of hydrogen-bond acceptors (Lipinski definition) is 5. The van der Waals surface area contributed by atoms with E-state index in [0.29, 0.717) is 17.6 Å². The fraction of sp³-hybridized carbons (Fsp3) is 0.586. The number of rotatable bonds is 2. The highest BCUT2D eigenvalue weighted by Crippen LogP contribution is 2.39. The van der Waals surface area contributed by atoms with Gasteiger partial charge in [0.05, 0.1) is 16.6 Å². The lowest BCUT2D eigenvalue weighted by molar-refractivity contribution is 0.189. The molecule has 2 aliphatic carbocycles. The summed E-state index contributed by atoms with van der Waals surface area (Å²) in [5, 5.41) is 3.66. The third-order valence-electron chi connectivity index (χ3n) is 9.04. The number of aromatic amines is 2. The summed E-state index contributed by atoms with van der Waals surface area (Å²) in [4.78, 5) is 46.2. The Morgan fingerprint density at radius 2 is 1.46 bits per heavy atom. The molecule has 2 aliphatic heterocycles. The van der Waals surface area contributed by atoms with Crippen LogP contribution < -0.4 is 22.1 Å². The van der Waals surface area contributed by atoms with E-state index in [1.807, 2.05) is 28.8 Å². The Kier molecular flexibility index (Phi) is 6.84. The van der Waals surface area contributed by atoms with Crippen molar-refractivity contribution < 1.29 is 0 Å². The largest absolute Gasteiger partial charge is 0.325 e. The Hall–Kier alpha value is -3.00.